The minimum absolute atomic E-state index is 0.0815. The molecule has 0 unspecified atom stereocenters. The standard InChI is InChI=1S/C21H22N2O6/c1-14-17(23-21(29-14)18-4-2-11-28-18)12-19(24)22-13-15-6-8-16(9-7-15)27-10-3-5-20(25)26/h2,4,6-9,11H,3,5,10,12-13H2,1H3,(H,22,24)(H,25,26). The molecule has 1 aromatic carbocycles. The number of hydrogen-bond acceptors (Lipinski definition) is 6. The molecule has 2 N–H and O–H groups in total. The maximum atomic E-state index is 12.2. The van der Waals surface area contributed by atoms with Gasteiger partial charge in [0.25, 0.3) is 5.89 Å². The Bertz CT molecular complexity index is 944. The van der Waals surface area contributed by atoms with Crippen LogP contribution in [0.5, 0.6) is 5.75 Å². The van der Waals surface area contributed by atoms with Crippen LogP contribution in [-0.4, -0.2) is 28.6 Å². The molecule has 2 heterocycles. The summed E-state index contributed by atoms with van der Waals surface area (Å²) in [4.78, 5) is 27.0. The summed E-state index contributed by atoms with van der Waals surface area (Å²) in [5.74, 6) is 1.11. The number of amides is 1. The van der Waals surface area contributed by atoms with Crippen LogP contribution in [0.2, 0.25) is 0 Å². The molecule has 0 fully saturated rings. The van der Waals surface area contributed by atoms with E-state index in [1.54, 1.807) is 31.2 Å². The number of benzene rings is 1. The summed E-state index contributed by atoms with van der Waals surface area (Å²) >= 11 is 0. The van der Waals surface area contributed by atoms with E-state index in [-0.39, 0.29) is 18.7 Å². The van der Waals surface area contributed by atoms with Crippen LogP contribution in [0.25, 0.3) is 11.7 Å². The average Bonchev–Trinajstić information content (AvgIpc) is 3.35. The number of carbonyl (C=O) groups excluding carboxylic acids is 1. The van der Waals surface area contributed by atoms with Crippen LogP contribution in [0.1, 0.15) is 29.9 Å². The highest BCUT2D eigenvalue weighted by Crippen LogP contribution is 2.22. The zero-order chi connectivity index (χ0) is 20.6. The van der Waals surface area contributed by atoms with Crippen molar-refractivity contribution in [1.82, 2.24) is 10.3 Å². The Labute approximate surface area is 167 Å². The number of nitrogens with one attached hydrogen (secondary N) is 1. The number of oxazole rings is 1. The Balaban J connectivity index is 1.45. The molecule has 0 aliphatic heterocycles. The molecule has 0 bridgehead atoms. The quantitative estimate of drug-likeness (QED) is 0.503. The van der Waals surface area contributed by atoms with Gasteiger partial charge < -0.3 is 24.0 Å². The molecule has 0 saturated carbocycles. The van der Waals surface area contributed by atoms with Gasteiger partial charge in [-0.2, -0.15) is 0 Å². The van der Waals surface area contributed by atoms with Gasteiger partial charge >= 0.3 is 5.97 Å². The number of rotatable bonds is 10. The molecule has 3 aromatic rings. The molecule has 152 valence electrons. The molecule has 3 rings (SSSR count). The number of carboxylic acids is 1. The Kier molecular flexibility index (Phi) is 6.67. The lowest BCUT2D eigenvalue weighted by atomic mass is 10.2. The largest absolute Gasteiger partial charge is 0.494 e. The molecule has 0 atom stereocenters. The van der Waals surface area contributed by atoms with Crippen molar-refractivity contribution in [3.8, 4) is 17.4 Å². The van der Waals surface area contributed by atoms with Crippen LogP contribution in [0.4, 0.5) is 0 Å². The van der Waals surface area contributed by atoms with Gasteiger partial charge in [0.15, 0.2) is 5.76 Å². The second-order valence-corrected chi connectivity index (χ2v) is 6.44. The van der Waals surface area contributed by atoms with Crippen LogP contribution < -0.4 is 10.1 Å². The summed E-state index contributed by atoms with van der Waals surface area (Å²) in [6.07, 6.45) is 2.18. The summed E-state index contributed by atoms with van der Waals surface area (Å²) in [5, 5.41) is 11.5. The van der Waals surface area contributed by atoms with Crippen molar-refractivity contribution in [2.45, 2.75) is 32.7 Å². The molecule has 0 aliphatic carbocycles. The lowest BCUT2D eigenvalue weighted by Gasteiger charge is -2.08. The number of aromatic nitrogens is 1. The maximum Gasteiger partial charge on any atom is 0.303 e. The number of aliphatic carboxylic acids is 1. The van der Waals surface area contributed by atoms with Gasteiger partial charge in [-0.3, -0.25) is 9.59 Å². The topological polar surface area (TPSA) is 115 Å². The first-order valence-corrected chi connectivity index (χ1v) is 9.21. The zero-order valence-corrected chi connectivity index (χ0v) is 16.0. The number of carboxylic acid groups (broad SMARTS) is 1. The van der Waals surface area contributed by atoms with Gasteiger partial charge in [-0.15, -0.1) is 0 Å². The van der Waals surface area contributed by atoms with Gasteiger partial charge in [0.1, 0.15) is 11.5 Å². The number of carbonyl (C=O) groups is 2. The first-order valence-electron chi connectivity index (χ1n) is 9.21. The van der Waals surface area contributed by atoms with Crippen LogP contribution in [0.15, 0.2) is 51.5 Å². The van der Waals surface area contributed by atoms with E-state index in [0.29, 0.717) is 48.4 Å². The fourth-order valence-electron chi connectivity index (χ4n) is 2.63. The SMILES string of the molecule is Cc1oc(-c2ccco2)nc1CC(=O)NCc1ccc(OCCCC(=O)O)cc1. The Morgan fingerprint density at radius 1 is 1.21 bits per heavy atom. The second-order valence-electron chi connectivity index (χ2n) is 6.44. The number of ether oxygens (including phenoxy) is 1. The van der Waals surface area contributed by atoms with Crippen LogP contribution in [0, 0.1) is 6.92 Å². The average molecular weight is 398 g/mol. The van der Waals surface area contributed by atoms with Gasteiger partial charge in [0, 0.05) is 13.0 Å². The molecule has 8 heteroatoms. The molecule has 0 aliphatic rings. The first-order chi connectivity index (χ1) is 14.0. The minimum atomic E-state index is -0.835. The van der Waals surface area contributed by atoms with E-state index >= 15 is 0 Å². The van der Waals surface area contributed by atoms with Gasteiger partial charge in [-0.05, 0) is 43.2 Å². The lowest BCUT2D eigenvalue weighted by molar-refractivity contribution is -0.137. The van der Waals surface area contributed by atoms with Gasteiger partial charge in [-0.25, -0.2) is 4.98 Å². The predicted octanol–water partition coefficient (Wildman–Crippen LogP) is 3.35. The van der Waals surface area contributed by atoms with Crippen molar-refractivity contribution in [3.05, 3.63) is 59.7 Å². The van der Waals surface area contributed by atoms with Crippen molar-refractivity contribution in [2.75, 3.05) is 6.61 Å². The van der Waals surface area contributed by atoms with Crippen LogP contribution >= 0.6 is 0 Å². The number of furan rings is 1. The molecule has 1 amide bonds. The van der Waals surface area contributed by atoms with Gasteiger partial charge in [-0.1, -0.05) is 12.1 Å². The van der Waals surface area contributed by atoms with Gasteiger partial charge in [0.2, 0.25) is 5.91 Å². The summed E-state index contributed by atoms with van der Waals surface area (Å²) in [5.41, 5.74) is 1.49. The van der Waals surface area contributed by atoms with Crippen molar-refractivity contribution < 1.29 is 28.3 Å². The number of aryl methyl sites for hydroxylation is 1. The highest BCUT2D eigenvalue weighted by molar-refractivity contribution is 5.78. The fraction of sp³-hybridized carbons (Fsp3) is 0.286. The van der Waals surface area contributed by atoms with Crippen molar-refractivity contribution in [3.63, 3.8) is 0 Å². The third-order valence-corrected chi connectivity index (χ3v) is 4.17. The monoisotopic (exact) mass is 398 g/mol. The predicted molar refractivity (Wildman–Crippen MR) is 103 cm³/mol. The Morgan fingerprint density at radius 3 is 2.69 bits per heavy atom. The summed E-state index contributed by atoms with van der Waals surface area (Å²) in [6, 6.07) is 10.8. The minimum Gasteiger partial charge on any atom is -0.494 e. The third kappa shape index (κ3) is 5.97. The molecular weight excluding hydrogens is 376 g/mol. The highest BCUT2D eigenvalue weighted by Gasteiger charge is 2.16. The smallest absolute Gasteiger partial charge is 0.303 e. The first kappa shape index (κ1) is 20.2. The molecule has 0 radical (unpaired) electrons. The maximum absolute atomic E-state index is 12.2. The van der Waals surface area contributed by atoms with E-state index in [0.717, 1.165) is 5.56 Å². The normalized spacial score (nSPS) is 10.7. The third-order valence-electron chi connectivity index (χ3n) is 4.17. The van der Waals surface area contributed by atoms with E-state index in [2.05, 4.69) is 10.3 Å². The Hall–Kier alpha value is -3.55. The molecular formula is C21H22N2O6. The van der Waals surface area contributed by atoms with E-state index in [1.807, 2.05) is 12.1 Å². The van der Waals surface area contributed by atoms with Crippen LogP contribution in [0.3, 0.4) is 0 Å². The van der Waals surface area contributed by atoms with Crippen molar-refractivity contribution in [1.29, 1.82) is 0 Å². The van der Waals surface area contributed by atoms with E-state index in [1.165, 1.54) is 6.26 Å². The van der Waals surface area contributed by atoms with Crippen LogP contribution in [-0.2, 0) is 22.6 Å². The molecule has 0 spiro atoms. The molecule has 29 heavy (non-hydrogen) atoms. The van der Waals surface area contributed by atoms with E-state index in [4.69, 9.17) is 18.7 Å². The van der Waals surface area contributed by atoms with E-state index in [9.17, 15) is 9.59 Å². The molecule has 8 nitrogen and oxygen atoms in total. The molecule has 2 aromatic heterocycles. The number of nitrogens with zero attached hydrogens (tertiary/aromatic N) is 1. The summed E-state index contributed by atoms with van der Waals surface area (Å²) in [6.45, 7) is 2.48. The number of hydrogen-bond donors (Lipinski definition) is 2. The second kappa shape index (κ2) is 9.59. The van der Waals surface area contributed by atoms with Crippen molar-refractivity contribution >= 4 is 11.9 Å². The zero-order valence-electron chi connectivity index (χ0n) is 16.0. The van der Waals surface area contributed by atoms with Gasteiger partial charge in [0.05, 0.1) is 25.0 Å². The highest BCUT2D eigenvalue weighted by atomic mass is 16.5. The molecule has 0 saturated heterocycles. The van der Waals surface area contributed by atoms with E-state index < -0.39 is 5.97 Å². The lowest BCUT2D eigenvalue weighted by Crippen LogP contribution is -2.24. The fourth-order valence-corrected chi connectivity index (χ4v) is 2.63. The summed E-state index contributed by atoms with van der Waals surface area (Å²) in [7, 11) is 0. The Morgan fingerprint density at radius 2 is 2.00 bits per heavy atom. The summed E-state index contributed by atoms with van der Waals surface area (Å²) < 4.78 is 16.3. The van der Waals surface area contributed by atoms with Crippen molar-refractivity contribution in [2.24, 2.45) is 0 Å².